The van der Waals surface area contributed by atoms with Crippen LogP contribution < -0.4 is 9.47 Å². The number of hydrogen-bond donors (Lipinski definition) is 0. The van der Waals surface area contributed by atoms with E-state index in [4.69, 9.17) is 9.47 Å². The smallest absolute Gasteiger partial charge is 0.161 e. The van der Waals surface area contributed by atoms with E-state index in [-0.39, 0.29) is 0 Å². The van der Waals surface area contributed by atoms with Crippen LogP contribution in [-0.2, 0) is 13.2 Å². The quantitative estimate of drug-likeness (QED) is 0.689. The first kappa shape index (κ1) is 14.5. The van der Waals surface area contributed by atoms with Gasteiger partial charge in [0, 0.05) is 17.4 Å². The fourth-order valence-electron chi connectivity index (χ4n) is 2.80. The molecule has 114 valence electrons. The van der Waals surface area contributed by atoms with Gasteiger partial charge in [0.25, 0.3) is 0 Å². The second-order valence-corrected chi connectivity index (χ2v) is 5.38. The van der Waals surface area contributed by atoms with Crippen LogP contribution in [0, 0.1) is 6.92 Å². The molecule has 0 amide bonds. The largest absolute Gasteiger partial charge is 0.493 e. The summed E-state index contributed by atoms with van der Waals surface area (Å²) in [5.41, 5.74) is 3.72. The molecule has 0 aliphatic carbocycles. The van der Waals surface area contributed by atoms with E-state index in [0.29, 0.717) is 6.61 Å². The van der Waals surface area contributed by atoms with Crippen LogP contribution in [0.5, 0.6) is 11.5 Å². The Morgan fingerprint density at radius 3 is 2.50 bits per heavy atom. The molecule has 0 aliphatic rings. The highest BCUT2D eigenvalue weighted by atomic mass is 16.5. The van der Waals surface area contributed by atoms with Crippen LogP contribution in [0.15, 0.2) is 48.5 Å². The van der Waals surface area contributed by atoms with Crippen molar-refractivity contribution in [1.29, 1.82) is 0 Å². The van der Waals surface area contributed by atoms with Gasteiger partial charge in [-0.3, -0.25) is 0 Å². The van der Waals surface area contributed by atoms with Gasteiger partial charge < -0.3 is 14.0 Å². The normalized spacial score (nSPS) is 10.9. The van der Waals surface area contributed by atoms with E-state index in [1.165, 1.54) is 22.2 Å². The van der Waals surface area contributed by atoms with Crippen molar-refractivity contribution in [2.24, 2.45) is 0 Å². The number of rotatable bonds is 5. The van der Waals surface area contributed by atoms with Crippen LogP contribution in [0.3, 0.4) is 0 Å². The zero-order valence-corrected chi connectivity index (χ0v) is 13.3. The molecule has 1 heterocycles. The van der Waals surface area contributed by atoms with Crippen LogP contribution in [0.2, 0.25) is 0 Å². The molecule has 0 aliphatic heterocycles. The zero-order valence-electron chi connectivity index (χ0n) is 13.3. The molecule has 3 heteroatoms. The number of fused-ring (bicyclic) bond motifs is 1. The molecule has 3 rings (SSSR count). The van der Waals surface area contributed by atoms with Gasteiger partial charge in [0.1, 0.15) is 6.61 Å². The molecule has 0 unspecified atom stereocenters. The average molecular weight is 295 g/mol. The van der Waals surface area contributed by atoms with Gasteiger partial charge in [-0.15, -0.1) is 0 Å². The Bertz CT molecular complexity index is 789. The van der Waals surface area contributed by atoms with Crippen molar-refractivity contribution < 1.29 is 9.47 Å². The van der Waals surface area contributed by atoms with E-state index in [2.05, 4.69) is 42.7 Å². The predicted molar refractivity (Wildman–Crippen MR) is 89.7 cm³/mol. The number of ether oxygens (including phenoxy) is 2. The van der Waals surface area contributed by atoms with Crippen LogP contribution in [0.4, 0.5) is 0 Å². The monoisotopic (exact) mass is 295 g/mol. The van der Waals surface area contributed by atoms with Gasteiger partial charge in [-0.1, -0.05) is 24.3 Å². The minimum absolute atomic E-state index is 0.530. The summed E-state index contributed by atoms with van der Waals surface area (Å²) in [6.45, 7) is 5.74. The van der Waals surface area contributed by atoms with Crippen molar-refractivity contribution in [3.63, 3.8) is 0 Å². The maximum Gasteiger partial charge on any atom is 0.161 e. The van der Waals surface area contributed by atoms with E-state index in [0.717, 1.165) is 18.0 Å². The van der Waals surface area contributed by atoms with Gasteiger partial charge in [0.2, 0.25) is 0 Å². The van der Waals surface area contributed by atoms with Crippen molar-refractivity contribution in [2.75, 3.05) is 7.11 Å². The lowest BCUT2D eigenvalue weighted by atomic mass is 10.2. The van der Waals surface area contributed by atoms with Gasteiger partial charge >= 0.3 is 0 Å². The Balaban J connectivity index is 1.90. The number of para-hydroxylation sites is 2. The first-order chi connectivity index (χ1) is 10.7. The third-order valence-electron chi connectivity index (χ3n) is 3.91. The van der Waals surface area contributed by atoms with E-state index in [1.807, 2.05) is 24.3 Å². The fourth-order valence-corrected chi connectivity index (χ4v) is 2.80. The summed E-state index contributed by atoms with van der Waals surface area (Å²) in [5, 5.41) is 1.26. The maximum atomic E-state index is 5.97. The summed E-state index contributed by atoms with van der Waals surface area (Å²) in [6, 6.07) is 16.5. The summed E-state index contributed by atoms with van der Waals surface area (Å²) in [5.74, 6) is 1.53. The van der Waals surface area contributed by atoms with Crippen LogP contribution >= 0.6 is 0 Å². The van der Waals surface area contributed by atoms with E-state index in [1.54, 1.807) is 7.11 Å². The number of aromatic nitrogens is 1. The number of benzene rings is 2. The van der Waals surface area contributed by atoms with Gasteiger partial charge in [-0.05, 0) is 43.7 Å². The van der Waals surface area contributed by atoms with Gasteiger partial charge in [-0.25, -0.2) is 0 Å². The number of aryl methyl sites for hydroxylation is 2. The predicted octanol–water partition coefficient (Wildman–Crippen LogP) is 4.56. The Morgan fingerprint density at radius 2 is 1.77 bits per heavy atom. The van der Waals surface area contributed by atoms with Crippen LogP contribution in [0.25, 0.3) is 10.9 Å². The molecular formula is C19H21NO2. The number of nitrogens with zero attached hydrogens (tertiary/aromatic N) is 1. The summed E-state index contributed by atoms with van der Waals surface area (Å²) in [4.78, 5) is 0. The molecular weight excluding hydrogens is 274 g/mol. The molecule has 0 N–H and O–H groups in total. The van der Waals surface area contributed by atoms with Gasteiger partial charge in [-0.2, -0.15) is 0 Å². The second kappa shape index (κ2) is 6.14. The van der Waals surface area contributed by atoms with E-state index >= 15 is 0 Å². The van der Waals surface area contributed by atoms with Crippen molar-refractivity contribution in [3.8, 4) is 11.5 Å². The van der Waals surface area contributed by atoms with E-state index in [9.17, 15) is 0 Å². The number of hydrogen-bond acceptors (Lipinski definition) is 2. The third-order valence-corrected chi connectivity index (χ3v) is 3.91. The highest BCUT2D eigenvalue weighted by Crippen LogP contribution is 2.28. The SMILES string of the molecule is CCn1c(COc2ccccc2OC)cc2ccc(C)cc21. The lowest BCUT2D eigenvalue weighted by molar-refractivity contribution is 0.277. The topological polar surface area (TPSA) is 23.4 Å². The van der Waals surface area contributed by atoms with Crippen molar-refractivity contribution in [1.82, 2.24) is 4.57 Å². The lowest BCUT2D eigenvalue weighted by Gasteiger charge is -2.12. The summed E-state index contributed by atoms with van der Waals surface area (Å²) in [6.07, 6.45) is 0. The fraction of sp³-hybridized carbons (Fsp3) is 0.263. The Morgan fingerprint density at radius 1 is 1.00 bits per heavy atom. The molecule has 0 spiro atoms. The van der Waals surface area contributed by atoms with E-state index < -0.39 is 0 Å². The maximum absolute atomic E-state index is 5.97. The molecule has 0 saturated heterocycles. The summed E-state index contributed by atoms with van der Waals surface area (Å²) >= 11 is 0. The summed E-state index contributed by atoms with van der Waals surface area (Å²) in [7, 11) is 1.66. The average Bonchev–Trinajstić information content (AvgIpc) is 2.89. The Kier molecular flexibility index (Phi) is 4.05. The van der Waals surface area contributed by atoms with Gasteiger partial charge in [0.15, 0.2) is 11.5 Å². The molecule has 22 heavy (non-hydrogen) atoms. The zero-order chi connectivity index (χ0) is 15.5. The second-order valence-electron chi connectivity index (χ2n) is 5.38. The third kappa shape index (κ3) is 2.67. The minimum Gasteiger partial charge on any atom is -0.493 e. The molecule has 2 aromatic carbocycles. The van der Waals surface area contributed by atoms with Crippen molar-refractivity contribution in [2.45, 2.75) is 27.0 Å². The van der Waals surface area contributed by atoms with Crippen molar-refractivity contribution in [3.05, 3.63) is 59.8 Å². The summed E-state index contributed by atoms with van der Waals surface area (Å²) < 4.78 is 13.6. The Labute approximate surface area is 131 Å². The molecule has 3 aromatic rings. The van der Waals surface area contributed by atoms with Crippen LogP contribution in [0.1, 0.15) is 18.2 Å². The molecule has 0 saturated carbocycles. The molecule has 1 aromatic heterocycles. The highest BCUT2D eigenvalue weighted by Gasteiger charge is 2.10. The van der Waals surface area contributed by atoms with Gasteiger partial charge in [0.05, 0.1) is 12.8 Å². The lowest BCUT2D eigenvalue weighted by Crippen LogP contribution is -2.05. The first-order valence-electron chi connectivity index (χ1n) is 7.57. The standard InChI is InChI=1S/C19H21NO2/c1-4-20-16(12-15-10-9-14(2)11-17(15)20)13-22-19-8-6-5-7-18(19)21-3/h5-12H,4,13H2,1-3H3. The van der Waals surface area contributed by atoms with Crippen LogP contribution in [-0.4, -0.2) is 11.7 Å². The molecule has 0 fully saturated rings. The molecule has 3 nitrogen and oxygen atoms in total. The van der Waals surface area contributed by atoms with Crippen molar-refractivity contribution >= 4 is 10.9 Å². The molecule has 0 bridgehead atoms. The Hall–Kier alpha value is -2.42. The molecule has 0 atom stereocenters. The first-order valence-corrected chi connectivity index (χ1v) is 7.57. The number of methoxy groups -OCH3 is 1. The minimum atomic E-state index is 0.530. The molecule has 0 radical (unpaired) electrons. The highest BCUT2D eigenvalue weighted by molar-refractivity contribution is 5.82.